The van der Waals surface area contributed by atoms with Crippen LogP contribution in [0.3, 0.4) is 0 Å². The second-order valence-corrected chi connectivity index (χ2v) is 5.35. The van der Waals surface area contributed by atoms with Gasteiger partial charge in [-0.05, 0) is 13.0 Å². The van der Waals surface area contributed by atoms with Gasteiger partial charge in [0.05, 0.1) is 12.1 Å². The summed E-state index contributed by atoms with van der Waals surface area (Å²) in [6.07, 6.45) is 2.17. The number of ether oxygens (including phenoxy) is 1. The van der Waals surface area contributed by atoms with Crippen molar-refractivity contribution in [1.82, 2.24) is 15.0 Å². The molecule has 0 saturated heterocycles. The first-order chi connectivity index (χ1) is 10.1. The number of rotatable bonds is 5. The molecule has 0 aliphatic rings. The minimum Gasteiger partial charge on any atom is -0.464 e. The standard InChI is InChI=1S/C13H13N5O2S/c1-8-12(13(19)20-2)18-11(21-8)4-6-15-9-3-5-16-10(7-14)17-9/h3,5H,4,6H2,1-2H3,(H,15,16,17). The first kappa shape index (κ1) is 14.9. The molecule has 2 rings (SSSR count). The van der Waals surface area contributed by atoms with E-state index in [0.717, 1.165) is 9.88 Å². The molecule has 0 unspecified atom stereocenters. The number of nitriles is 1. The molecule has 0 amide bonds. The number of aryl methyl sites for hydroxylation is 1. The van der Waals surface area contributed by atoms with E-state index in [0.29, 0.717) is 24.5 Å². The van der Waals surface area contributed by atoms with Gasteiger partial charge in [-0.1, -0.05) is 0 Å². The lowest BCUT2D eigenvalue weighted by Gasteiger charge is -2.03. The molecule has 0 aromatic carbocycles. The second kappa shape index (κ2) is 6.76. The molecule has 0 radical (unpaired) electrons. The highest BCUT2D eigenvalue weighted by Crippen LogP contribution is 2.18. The zero-order valence-corrected chi connectivity index (χ0v) is 12.4. The van der Waals surface area contributed by atoms with Gasteiger partial charge in [-0.15, -0.1) is 11.3 Å². The van der Waals surface area contributed by atoms with Gasteiger partial charge in [-0.25, -0.2) is 19.7 Å². The van der Waals surface area contributed by atoms with Gasteiger partial charge in [0.15, 0.2) is 5.69 Å². The average molecular weight is 303 g/mol. The van der Waals surface area contributed by atoms with Crippen LogP contribution in [0, 0.1) is 18.3 Å². The Balaban J connectivity index is 1.94. The zero-order valence-electron chi connectivity index (χ0n) is 11.6. The van der Waals surface area contributed by atoms with Gasteiger partial charge in [-0.2, -0.15) is 5.26 Å². The van der Waals surface area contributed by atoms with Gasteiger partial charge in [-0.3, -0.25) is 0 Å². The maximum atomic E-state index is 11.5. The van der Waals surface area contributed by atoms with Crippen LogP contribution in [-0.4, -0.2) is 34.6 Å². The lowest BCUT2D eigenvalue weighted by atomic mass is 10.4. The lowest BCUT2D eigenvalue weighted by Crippen LogP contribution is -2.08. The summed E-state index contributed by atoms with van der Waals surface area (Å²) in [6.45, 7) is 2.43. The molecule has 2 aromatic heterocycles. The fourth-order valence-electron chi connectivity index (χ4n) is 1.65. The van der Waals surface area contributed by atoms with Crippen LogP contribution in [0.4, 0.5) is 5.82 Å². The van der Waals surface area contributed by atoms with Crippen LogP contribution in [-0.2, 0) is 11.2 Å². The van der Waals surface area contributed by atoms with E-state index < -0.39 is 5.97 Å². The van der Waals surface area contributed by atoms with E-state index in [1.165, 1.54) is 24.6 Å². The highest BCUT2D eigenvalue weighted by atomic mass is 32.1. The molecule has 7 nitrogen and oxygen atoms in total. The van der Waals surface area contributed by atoms with E-state index >= 15 is 0 Å². The summed E-state index contributed by atoms with van der Waals surface area (Å²) in [6, 6.07) is 3.57. The normalized spacial score (nSPS) is 9.95. The van der Waals surface area contributed by atoms with Crippen molar-refractivity contribution in [3.63, 3.8) is 0 Å². The van der Waals surface area contributed by atoms with Gasteiger partial charge in [0.25, 0.3) is 0 Å². The zero-order chi connectivity index (χ0) is 15.2. The van der Waals surface area contributed by atoms with Gasteiger partial charge >= 0.3 is 5.97 Å². The highest BCUT2D eigenvalue weighted by Gasteiger charge is 2.15. The van der Waals surface area contributed by atoms with Crippen LogP contribution in [0.15, 0.2) is 12.3 Å². The average Bonchev–Trinajstić information content (AvgIpc) is 2.87. The third-order valence-corrected chi connectivity index (χ3v) is 3.65. The molecule has 0 atom stereocenters. The number of carbonyl (C=O) groups is 1. The predicted octanol–water partition coefficient (Wildman–Crippen LogP) is 1.55. The second-order valence-electron chi connectivity index (χ2n) is 4.06. The third-order valence-electron chi connectivity index (χ3n) is 2.62. The number of nitrogens with one attached hydrogen (secondary N) is 1. The molecule has 0 bridgehead atoms. The van der Waals surface area contributed by atoms with E-state index in [9.17, 15) is 4.79 Å². The molecular weight excluding hydrogens is 290 g/mol. The molecule has 0 saturated carbocycles. The molecular formula is C13H13N5O2S. The molecule has 0 spiro atoms. The molecule has 1 N–H and O–H groups in total. The summed E-state index contributed by atoms with van der Waals surface area (Å²) in [5.41, 5.74) is 0.367. The minimum absolute atomic E-state index is 0.123. The molecule has 21 heavy (non-hydrogen) atoms. The van der Waals surface area contributed by atoms with E-state index in [4.69, 9.17) is 5.26 Å². The molecule has 0 fully saturated rings. The first-order valence-corrected chi connectivity index (χ1v) is 6.97. The van der Waals surface area contributed by atoms with Crippen molar-refractivity contribution < 1.29 is 9.53 Å². The Morgan fingerprint density at radius 2 is 2.33 bits per heavy atom. The van der Waals surface area contributed by atoms with Crippen molar-refractivity contribution in [3.05, 3.63) is 33.7 Å². The predicted molar refractivity (Wildman–Crippen MR) is 77.1 cm³/mol. The van der Waals surface area contributed by atoms with Crippen LogP contribution in [0.2, 0.25) is 0 Å². The Morgan fingerprint density at radius 1 is 1.52 bits per heavy atom. The number of hydrogen-bond donors (Lipinski definition) is 1. The molecule has 0 aliphatic heterocycles. The number of methoxy groups -OCH3 is 1. The number of carbonyl (C=O) groups excluding carboxylic acids is 1. The Kier molecular flexibility index (Phi) is 4.79. The molecule has 2 aromatic rings. The Labute approximate surface area is 125 Å². The van der Waals surface area contributed by atoms with Crippen molar-refractivity contribution in [2.45, 2.75) is 13.3 Å². The minimum atomic E-state index is -0.419. The fraction of sp³-hybridized carbons (Fsp3) is 0.308. The van der Waals surface area contributed by atoms with Crippen LogP contribution in [0.25, 0.3) is 0 Å². The van der Waals surface area contributed by atoms with Crippen molar-refractivity contribution >= 4 is 23.1 Å². The highest BCUT2D eigenvalue weighted by molar-refractivity contribution is 7.11. The number of nitrogens with zero attached hydrogens (tertiary/aromatic N) is 4. The van der Waals surface area contributed by atoms with E-state index in [1.807, 2.05) is 13.0 Å². The van der Waals surface area contributed by atoms with Crippen LogP contribution in [0.5, 0.6) is 0 Å². The van der Waals surface area contributed by atoms with Crippen LogP contribution in [0.1, 0.15) is 26.2 Å². The summed E-state index contributed by atoms with van der Waals surface area (Å²) in [5.74, 6) is 0.290. The van der Waals surface area contributed by atoms with Crippen molar-refractivity contribution in [1.29, 1.82) is 5.26 Å². The molecule has 8 heteroatoms. The maximum absolute atomic E-state index is 11.5. The smallest absolute Gasteiger partial charge is 0.357 e. The third kappa shape index (κ3) is 3.73. The number of thiazole rings is 1. The topological polar surface area (TPSA) is 101 Å². The maximum Gasteiger partial charge on any atom is 0.357 e. The molecule has 0 aliphatic carbocycles. The fourth-order valence-corrected chi connectivity index (χ4v) is 2.57. The summed E-state index contributed by atoms with van der Waals surface area (Å²) in [5, 5.41) is 12.6. The number of hydrogen-bond acceptors (Lipinski definition) is 8. The summed E-state index contributed by atoms with van der Waals surface area (Å²) < 4.78 is 4.67. The summed E-state index contributed by atoms with van der Waals surface area (Å²) in [7, 11) is 1.34. The SMILES string of the molecule is COC(=O)c1nc(CCNc2ccnc(C#N)n2)sc1C. The molecule has 2 heterocycles. The first-order valence-electron chi connectivity index (χ1n) is 6.15. The molecule has 108 valence electrons. The largest absolute Gasteiger partial charge is 0.464 e. The number of esters is 1. The van der Waals surface area contributed by atoms with Crippen LogP contribution < -0.4 is 5.32 Å². The van der Waals surface area contributed by atoms with Crippen LogP contribution >= 0.6 is 11.3 Å². The number of aromatic nitrogens is 3. The van der Waals surface area contributed by atoms with Gasteiger partial charge in [0.2, 0.25) is 5.82 Å². The van der Waals surface area contributed by atoms with Gasteiger partial charge < -0.3 is 10.1 Å². The summed E-state index contributed by atoms with van der Waals surface area (Å²) >= 11 is 1.46. The summed E-state index contributed by atoms with van der Waals surface area (Å²) in [4.78, 5) is 24.4. The number of anilines is 1. The van der Waals surface area contributed by atoms with E-state index in [1.54, 1.807) is 6.07 Å². The van der Waals surface area contributed by atoms with Gasteiger partial charge in [0, 0.05) is 24.0 Å². The van der Waals surface area contributed by atoms with Crippen molar-refractivity contribution in [2.75, 3.05) is 19.0 Å². The van der Waals surface area contributed by atoms with Crippen molar-refractivity contribution in [2.24, 2.45) is 0 Å². The van der Waals surface area contributed by atoms with Gasteiger partial charge in [0.1, 0.15) is 11.9 Å². The Bertz CT molecular complexity index is 692. The Morgan fingerprint density at radius 3 is 3.05 bits per heavy atom. The van der Waals surface area contributed by atoms with Crippen molar-refractivity contribution in [3.8, 4) is 6.07 Å². The Hall–Kier alpha value is -2.53. The van der Waals surface area contributed by atoms with E-state index in [2.05, 4.69) is 25.0 Å². The van der Waals surface area contributed by atoms with E-state index in [-0.39, 0.29) is 5.82 Å². The quantitative estimate of drug-likeness (QED) is 0.836. The lowest BCUT2D eigenvalue weighted by molar-refractivity contribution is 0.0594. The monoisotopic (exact) mass is 303 g/mol.